The fraction of sp³-hybridized carbons (Fsp3) is 0.538. The van der Waals surface area contributed by atoms with Crippen LogP contribution in [0.4, 0.5) is 0 Å². The van der Waals surface area contributed by atoms with E-state index >= 15 is 0 Å². The Morgan fingerprint density at radius 1 is 1.31 bits per heavy atom. The number of phenols is 1. The van der Waals surface area contributed by atoms with E-state index in [0.717, 1.165) is 12.1 Å². The Kier molecular flexibility index (Phi) is 5.10. The summed E-state index contributed by atoms with van der Waals surface area (Å²) in [5.41, 5.74) is 0.850. The lowest BCUT2D eigenvalue weighted by atomic mass is 9.98. The van der Waals surface area contributed by atoms with Crippen LogP contribution in [0.15, 0.2) is 18.2 Å². The largest absolute Gasteiger partial charge is 0.508 e. The Balaban J connectivity index is 2.45. The molecule has 90 valence electrons. The van der Waals surface area contributed by atoms with E-state index < -0.39 is 0 Å². The molecule has 16 heavy (non-hydrogen) atoms. The van der Waals surface area contributed by atoms with Crippen LogP contribution in [0.25, 0.3) is 0 Å². The summed E-state index contributed by atoms with van der Waals surface area (Å²) in [6.45, 7) is 8.25. The van der Waals surface area contributed by atoms with Gasteiger partial charge in [0.15, 0.2) is 0 Å². The average molecular weight is 242 g/mol. The van der Waals surface area contributed by atoms with Gasteiger partial charge in [-0.2, -0.15) is 0 Å². The number of phenolic OH excluding ortho intramolecular Hbond substituents is 1. The zero-order valence-electron chi connectivity index (χ0n) is 10.1. The van der Waals surface area contributed by atoms with E-state index in [4.69, 9.17) is 11.6 Å². The van der Waals surface area contributed by atoms with Gasteiger partial charge in [-0.3, -0.25) is 0 Å². The van der Waals surface area contributed by atoms with Gasteiger partial charge in [-0.1, -0.05) is 32.4 Å². The third-order valence-corrected chi connectivity index (χ3v) is 3.20. The van der Waals surface area contributed by atoms with Crippen molar-refractivity contribution in [1.29, 1.82) is 0 Å². The van der Waals surface area contributed by atoms with Crippen LogP contribution in [0, 0.1) is 11.8 Å². The van der Waals surface area contributed by atoms with Crippen LogP contribution in [0.2, 0.25) is 5.02 Å². The van der Waals surface area contributed by atoms with Crippen LogP contribution in [-0.4, -0.2) is 11.7 Å². The predicted molar refractivity (Wildman–Crippen MR) is 68.8 cm³/mol. The van der Waals surface area contributed by atoms with Crippen molar-refractivity contribution in [2.24, 2.45) is 11.8 Å². The number of benzene rings is 1. The van der Waals surface area contributed by atoms with Crippen molar-refractivity contribution in [3.63, 3.8) is 0 Å². The molecule has 0 aliphatic rings. The molecule has 1 rings (SSSR count). The van der Waals surface area contributed by atoms with E-state index in [1.165, 1.54) is 0 Å². The summed E-state index contributed by atoms with van der Waals surface area (Å²) in [6, 6.07) is 5.12. The van der Waals surface area contributed by atoms with Crippen molar-refractivity contribution < 1.29 is 5.11 Å². The van der Waals surface area contributed by atoms with E-state index in [1.54, 1.807) is 18.2 Å². The Hall–Kier alpha value is -0.730. The highest BCUT2D eigenvalue weighted by molar-refractivity contribution is 6.30. The lowest BCUT2D eigenvalue weighted by Crippen LogP contribution is -2.23. The van der Waals surface area contributed by atoms with Crippen LogP contribution in [0.3, 0.4) is 0 Å². The van der Waals surface area contributed by atoms with Gasteiger partial charge < -0.3 is 10.4 Å². The SMILES string of the molecule is CC(C)C(C)CNCc1cc(Cl)ccc1O. The molecule has 3 heteroatoms. The zero-order chi connectivity index (χ0) is 12.1. The molecular formula is C13H20ClNO. The first kappa shape index (κ1) is 13.3. The molecule has 0 bridgehead atoms. The van der Waals surface area contributed by atoms with Crippen molar-refractivity contribution in [3.8, 4) is 5.75 Å². The van der Waals surface area contributed by atoms with Gasteiger partial charge in [0.25, 0.3) is 0 Å². The van der Waals surface area contributed by atoms with Gasteiger partial charge in [-0.15, -0.1) is 0 Å². The van der Waals surface area contributed by atoms with E-state index in [2.05, 4.69) is 26.1 Å². The third-order valence-electron chi connectivity index (χ3n) is 2.96. The summed E-state index contributed by atoms with van der Waals surface area (Å²) in [5, 5.41) is 13.6. The molecule has 1 aromatic carbocycles. The number of hydrogen-bond acceptors (Lipinski definition) is 2. The minimum Gasteiger partial charge on any atom is -0.508 e. The van der Waals surface area contributed by atoms with Crippen molar-refractivity contribution in [1.82, 2.24) is 5.32 Å². The fourth-order valence-electron chi connectivity index (χ4n) is 1.37. The van der Waals surface area contributed by atoms with Crippen molar-refractivity contribution in [2.45, 2.75) is 27.3 Å². The molecule has 0 fully saturated rings. The molecule has 2 N–H and O–H groups in total. The normalized spacial score (nSPS) is 13.1. The summed E-state index contributed by atoms with van der Waals surface area (Å²) in [6.07, 6.45) is 0. The highest BCUT2D eigenvalue weighted by Crippen LogP contribution is 2.21. The summed E-state index contributed by atoms with van der Waals surface area (Å²) < 4.78 is 0. The number of halogens is 1. The second-order valence-corrected chi connectivity index (χ2v) is 5.06. The molecule has 0 spiro atoms. The molecular weight excluding hydrogens is 222 g/mol. The van der Waals surface area contributed by atoms with Crippen LogP contribution in [0.5, 0.6) is 5.75 Å². The maximum absolute atomic E-state index is 9.61. The van der Waals surface area contributed by atoms with Crippen LogP contribution >= 0.6 is 11.6 Å². The number of aromatic hydroxyl groups is 1. The van der Waals surface area contributed by atoms with Gasteiger partial charge in [0.1, 0.15) is 5.75 Å². The van der Waals surface area contributed by atoms with E-state index in [1.807, 2.05) is 0 Å². The molecule has 1 atom stereocenters. The summed E-state index contributed by atoms with van der Waals surface area (Å²) in [5.74, 6) is 1.59. The Labute approximate surface area is 103 Å². The van der Waals surface area contributed by atoms with Crippen molar-refractivity contribution in [2.75, 3.05) is 6.54 Å². The molecule has 0 aliphatic heterocycles. The molecule has 0 heterocycles. The van der Waals surface area contributed by atoms with Gasteiger partial charge in [0.05, 0.1) is 0 Å². The molecule has 0 saturated heterocycles. The Morgan fingerprint density at radius 2 is 2.00 bits per heavy atom. The van der Waals surface area contributed by atoms with Gasteiger partial charge in [0, 0.05) is 17.1 Å². The van der Waals surface area contributed by atoms with Gasteiger partial charge in [-0.25, -0.2) is 0 Å². The number of hydrogen-bond donors (Lipinski definition) is 2. The van der Waals surface area contributed by atoms with Crippen molar-refractivity contribution >= 4 is 11.6 Å². The zero-order valence-corrected chi connectivity index (χ0v) is 10.9. The second kappa shape index (κ2) is 6.12. The molecule has 0 aliphatic carbocycles. The van der Waals surface area contributed by atoms with Gasteiger partial charge in [0.2, 0.25) is 0 Å². The predicted octanol–water partition coefficient (Wildman–Crippen LogP) is 3.43. The minimum absolute atomic E-state index is 0.300. The Bertz CT molecular complexity index is 339. The molecule has 0 saturated carbocycles. The monoisotopic (exact) mass is 241 g/mol. The highest BCUT2D eigenvalue weighted by atomic mass is 35.5. The van der Waals surface area contributed by atoms with Gasteiger partial charge >= 0.3 is 0 Å². The maximum Gasteiger partial charge on any atom is 0.120 e. The molecule has 2 nitrogen and oxygen atoms in total. The number of nitrogens with one attached hydrogen (secondary N) is 1. The van der Waals surface area contributed by atoms with E-state index in [0.29, 0.717) is 29.2 Å². The van der Waals surface area contributed by atoms with Crippen LogP contribution in [0.1, 0.15) is 26.3 Å². The highest BCUT2D eigenvalue weighted by Gasteiger charge is 2.07. The van der Waals surface area contributed by atoms with E-state index in [-0.39, 0.29) is 0 Å². The summed E-state index contributed by atoms with van der Waals surface area (Å²) in [7, 11) is 0. The standard InChI is InChI=1S/C13H20ClNO/c1-9(2)10(3)7-15-8-11-6-12(14)4-5-13(11)16/h4-6,9-10,15-16H,7-8H2,1-3H3. The maximum atomic E-state index is 9.61. The summed E-state index contributed by atoms with van der Waals surface area (Å²) in [4.78, 5) is 0. The number of rotatable bonds is 5. The molecule has 1 aromatic rings. The molecule has 1 unspecified atom stereocenters. The van der Waals surface area contributed by atoms with E-state index in [9.17, 15) is 5.11 Å². The average Bonchev–Trinajstić information content (AvgIpc) is 2.22. The lowest BCUT2D eigenvalue weighted by Gasteiger charge is -2.16. The third kappa shape index (κ3) is 4.03. The molecule has 0 aromatic heterocycles. The first-order chi connectivity index (χ1) is 7.50. The molecule has 0 radical (unpaired) electrons. The van der Waals surface area contributed by atoms with Gasteiger partial charge in [-0.05, 0) is 36.6 Å². The fourth-order valence-corrected chi connectivity index (χ4v) is 1.56. The van der Waals surface area contributed by atoms with Crippen LogP contribution in [-0.2, 0) is 6.54 Å². The second-order valence-electron chi connectivity index (χ2n) is 4.63. The smallest absolute Gasteiger partial charge is 0.120 e. The quantitative estimate of drug-likeness (QED) is 0.828. The van der Waals surface area contributed by atoms with Crippen LogP contribution < -0.4 is 5.32 Å². The first-order valence-electron chi connectivity index (χ1n) is 5.68. The molecule has 0 amide bonds. The minimum atomic E-state index is 0.300. The Morgan fingerprint density at radius 3 is 2.62 bits per heavy atom. The lowest BCUT2D eigenvalue weighted by molar-refractivity contribution is 0.389. The topological polar surface area (TPSA) is 32.3 Å². The van der Waals surface area contributed by atoms with Crippen molar-refractivity contribution in [3.05, 3.63) is 28.8 Å². The first-order valence-corrected chi connectivity index (χ1v) is 6.06. The summed E-state index contributed by atoms with van der Waals surface area (Å²) >= 11 is 5.87.